The van der Waals surface area contributed by atoms with Crippen molar-refractivity contribution in [2.24, 2.45) is 4.99 Å². The Kier molecular flexibility index (Phi) is 11.7. The van der Waals surface area contributed by atoms with Gasteiger partial charge in [-0.2, -0.15) is 13.2 Å². The molecule has 0 aromatic rings. The highest BCUT2D eigenvalue weighted by Crippen LogP contribution is 2.33. The van der Waals surface area contributed by atoms with E-state index in [2.05, 4.69) is 11.9 Å². The standard InChI is InChI=1S/C23H36F3NO4/c1-5-7-10-14-27-16(4)17(11-6-2)15(3)12-8-9-13-18-19(28)20(29)21(31-18)22(30)23(24,25)26/h6,10-11,14,18-22,28-30H,5,7-9,12-13H2,1-4H3/b11-6-,14-10-,17-15+,27-16-/t18-,19-,20-,21-,22+/m0/s1. The van der Waals surface area contributed by atoms with Crippen molar-refractivity contribution in [3.05, 3.63) is 35.6 Å². The lowest BCUT2D eigenvalue weighted by atomic mass is 9.97. The molecule has 5 nitrogen and oxygen atoms in total. The predicted molar refractivity (Wildman–Crippen MR) is 116 cm³/mol. The fourth-order valence-corrected chi connectivity index (χ4v) is 3.55. The Morgan fingerprint density at radius 1 is 1.16 bits per heavy atom. The van der Waals surface area contributed by atoms with E-state index in [0.29, 0.717) is 12.8 Å². The zero-order valence-corrected chi connectivity index (χ0v) is 18.8. The molecule has 1 rings (SSSR count). The third-order valence-electron chi connectivity index (χ3n) is 5.35. The lowest BCUT2D eigenvalue weighted by Gasteiger charge is -2.23. The fourth-order valence-electron chi connectivity index (χ4n) is 3.55. The summed E-state index contributed by atoms with van der Waals surface area (Å²) < 4.78 is 43.2. The molecule has 5 atom stereocenters. The normalized spacial score (nSPS) is 27.4. The highest BCUT2D eigenvalue weighted by Gasteiger charge is 2.54. The van der Waals surface area contributed by atoms with Gasteiger partial charge in [0.15, 0.2) is 6.10 Å². The molecule has 0 aromatic carbocycles. The molecule has 0 bridgehead atoms. The Morgan fingerprint density at radius 2 is 1.84 bits per heavy atom. The highest BCUT2D eigenvalue weighted by molar-refractivity contribution is 6.01. The fraction of sp³-hybridized carbons (Fsp3) is 0.696. The van der Waals surface area contributed by atoms with Crippen molar-refractivity contribution in [3.8, 4) is 0 Å². The van der Waals surface area contributed by atoms with E-state index in [9.17, 15) is 28.5 Å². The molecule has 1 aliphatic rings. The summed E-state index contributed by atoms with van der Waals surface area (Å²) in [5, 5.41) is 29.2. The first-order valence-electron chi connectivity index (χ1n) is 10.8. The van der Waals surface area contributed by atoms with Gasteiger partial charge in [0, 0.05) is 11.9 Å². The molecule has 8 heteroatoms. The van der Waals surface area contributed by atoms with E-state index in [1.807, 2.05) is 45.2 Å². The van der Waals surface area contributed by atoms with E-state index in [4.69, 9.17) is 4.74 Å². The number of nitrogens with zero attached hydrogens (tertiary/aromatic N) is 1. The highest BCUT2D eigenvalue weighted by atomic mass is 19.4. The Hall–Kier alpha value is -1.48. The van der Waals surface area contributed by atoms with Crippen molar-refractivity contribution in [1.82, 2.24) is 0 Å². The van der Waals surface area contributed by atoms with Crippen LogP contribution in [0.5, 0.6) is 0 Å². The molecule has 1 fully saturated rings. The molecular formula is C23H36F3NO4. The summed E-state index contributed by atoms with van der Waals surface area (Å²) in [6.45, 7) is 8.00. The molecule has 1 saturated heterocycles. The summed E-state index contributed by atoms with van der Waals surface area (Å²) in [5.41, 5.74) is 3.09. The van der Waals surface area contributed by atoms with E-state index in [0.717, 1.165) is 42.5 Å². The molecule has 0 aliphatic carbocycles. The van der Waals surface area contributed by atoms with Crippen LogP contribution in [0.25, 0.3) is 0 Å². The van der Waals surface area contributed by atoms with Gasteiger partial charge in [-0.3, -0.25) is 4.99 Å². The Morgan fingerprint density at radius 3 is 2.42 bits per heavy atom. The molecule has 0 saturated carbocycles. The molecule has 0 aromatic heterocycles. The molecule has 31 heavy (non-hydrogen) atoms. The van der Waals surface area contributed by atoms with Crippen molar-refractivity contribution in [2.45, 2.75) is 103 Å². The van der Waals surface area contributed by atoms with Crippen molar-refractivity contribution < 1.29 is 33.2 Å². The quantitative estimate of drug-likeness (QED) is 0.245. The van der Waals surface area contributed by atoms with Crippen LogP contribution in [0, 0.1) is 0 Å². The van der Waals surface area contributed by atoms with Crippen LogP contribution >= 0.6 is 0 Å². The minimum atomic E-state index is -4.92. The Labute approximate surface area is 183 Å². The topological polar surface area (TPSA) is 82.3 Å². The van der Waals surface area contributed by atoms with Gasteiger partial charge in [-0.05, 0) is 52.0 Å². The van der Waals surface area contributed by atoms with Crippen LogP contribution in [0.15, 0.2) is 40.6 Å². The van der Waals surface area contributed by atoms with Crippen molar-refractivity contribution in [3.63, 3.8) is 0 Å². The molecule has 0 unspecified atom stereocenters. The zero-order valence-electron chi connectivity index (χ0n) is 18.8. The van der Waals surface area contributed by atoms with Crippen LogP contribution in [0.1, 0.15) is 66.2 Å². The summed E-state index contributed by atoms with van der Waals surface area (Å²) in [6.07, 6.45) is -1.59. The van der Waals surface area contributed by atoms with Crippen LogP contribution in [-0.4, -0.2) is 57.7 Å². The largest absolute Gasteiger partial charge is 0.417 e. The van der Waals surface area contributed by atoms with Gasteiger partial charge in [-0.15, -0.1) is 0 Å². The lowest BCUT2D eigenvalue weighted by molar-refractivity contribution is -0.242. The third-order valence-corrected chi connectivity index (χ3v) is 5.35. The van der Waals surface area contributed by atoms with Crippen molar-refractivity contribution >= 4 is 5.71 Å². The van der Waals surface area contributed by atoms with Crippen LogP contribution in [-0.2, 0) is 4.74 Å². The minimum Gasteiger partial charge on any atom is -0.388 e. The van der Waals surface area contributed by atoms with E-state index < -0.39 is 36.7 Å². The van der Waals surface area contributed by atoms with Crippen LogP contribution in [0.3, 0.4) is 0 Å². The molecular weight excluding hydrogens is 411 g/mol. The monoisotopic (exact) mass is 447 g/mol. The first-order valence-corrected chi connectivity index (χ1v) is 10.8. The van der Waals surface area contributed by atoms with Gasteiger partial charge in [0.05, 0.1) is 6.10 Å². The number of rotatable bonds is 11. The second-order valence-electron chi connectivity index (χ2n) is 7.93. The van der Waals surface area contributed by atoms with Gasteiger partial charge in [-0.25, -0.2) is 0 Å². The number of hydrogen-bond donors (Lipinski definition) is 3. The number of aliphatic hydroxyl groups excluding tert-OH is 3. The van der Waals surface area contributed by atoms with Crippen LogP contribution in [0.2, 0.25) is 0 Å². The van der Waals surface area contributed by atoms with E-state index in [1.165, 1.54) is 0 Å². The summed E-state index contributed by atoms with van der Waals surface area (Å²) in [7, 11) is 0. The summed E-state index contributed by atoms with van der Waals surface area (Å²) in [4.78, 5) is 4.49. The average molecular weight is 448 g/mol. The molecule has 0 amide bonds. The summed E-state index contributed by atoms with van der Waals surface area (Å²) in [6, 6.07) is 0. The number of alkyl halides is 3. The molecule has 0 radical (unpaired) electrons. The smallest absolute Gasteiger partial charge is 0.388 e. The number of allylic oxidation sites excluding steroid dienone is 5. The molecule has 1 aliphatic heterocycles. The number of ether oxygens (including phenoxy) is 1. The SMILES string of the molecule is C\C=C/C(C(/C)=N\C=C/CCC)=C(/C)CCCC[C@@H]1O[C@H]([C@@H](O)C(F)(F)F)[C@@H](O)[C@H]1O. The molecule has 0 spiro atoms. The third kappa shape index (κ3) is 8.52. The number of hydrogen-bond acceptors (Lipinski definition) is 5. The van der Waals surface area contributed by atoms with E-state index in [1.54, 1.807) is 0 Å². The van der Waals surface area contributed by atoms with Gasteiger partial charge in [0.2, 0.25) is 0 Å². The molecule has 3 N–H and O–H groups in total. The lowest BCUT2D eigenvalue weighted by Crippen LogP contribution is -2.46. The second kappa shape index (κ2) is 13.2. The van der Waals surface area contributed by atoms with Crippen LogP contribution in [0.4, 0.5) is 13.2 Å². The summed E-state index contributed by atoms with van der Waals surface area (Å²) >= 11 is 0. The van der Waals surface area contributed by atoms with E-state index in [-0.39, 0.29) is 0 Å². The zero-order chi connectivity index (χ0) is 23.6. The first kappa shape index (κ1) is 27.6. The van der Waals surface area contributed by atoms with Gasteiger partial charge < -0.3 is 20.1 Å². The Bertz CT molecular complexity index is 670. The van der Waals surface area contributed by atoms with Crippen molar-refractivity contribution in [2.75, 3.05) is 0 Å². The van der Waals surface area contributed by atoms with E-state index >= 15 is 0 Å². The van der Waals surface area contributed by atoms with Crippen LogP contribution < -0.4 is 0 Å². The summed E-state index contributed by atoms with van der Waals surface area (Å²) in [5.74, 6) is 0. The maximum Gasteiger partial charge on any atom is 0.417 e. The van der Waals surface area contributed by atoms with Crippen molar-refractivity contribution in [1.29, 1.82) is 0 Å². The van der Waals surface area contributed by atoms with Gasteiger partial charge in [-0.1, -0.05) is 43.6 Å². The van der Waals surface area contributed by atoms with Gasteiger partial charge in [0.1, 0.15) is 18.3 Å². The second-order valence-corrected chi connectivity index (χ2v) is 7.93. The number of aliphatic imine (C=N–C) groups is 1. The number of aliphatic hydroxyl groups is 3. The maximum atomic E-state index is 12.7. The number of halogens is 3. The van der Waals surface area contributed by atoms with Gasteiger partial charge >= 0.3 is 6.18 Å². The average Bonchev–Trinajstić information content (AvgIpc) is 2.99. The Balaban J connectivity index is 2.65. The molecule has 1 heterocycles. The minimum absolute atomic E-state index is 0.290. The number of unbranched alkanes of at least 4 members (excludes halogenated alkanes) is 2. The maximum absolute atomic E-state index is 12.7. The predicted octanol–water partition coefficient (Wildman–Crippen LogP) is 4.63. The first-order chi connectivity index (χ1) is 14.5. The molecule has 178 valence electrons. The van der Waals surface area contributed by atoms with Gasteiger partial charge in [0.25, 0.3) is 0 Å².